The second-order valence-corrected chi connectivity index (χ2v) is 3.95. The molecule has 0 saturated carbocycles. The molecule has 1 rings (SSSR count). The summed E-state index contributed by atoms with van der Waals surface area (Å²) in [6.45, 7) is 7.46. The van der Waals surface area contributed by atoms with Crippen molar-refractivity contribution in [1.82, 2.24) is 9.78 Å². The molecule has 1 aromatic rings. The van der Waals surface area contributed by atoms with E-state index in [2.05, 4.69) is 5.10 Å². The van der Waals surface area contributed by atoms with Gasteiger partial charge in [-0.15, -0.1) is 0 Å². The molecule has 5 heteroatoms. The molecule has 0 atom stereocenters. The first kappa shape index (κ1) is 11.6. The highest BCUT2D eigenvalue weighted by atomic mass is 16.5. The van der Waals surface area contributed by atoms with Gasteiger partial charge in [-0.25, -0.2) is 4.79 Å². The van der Waals surface area contributed by atoms with Crippen LogP contribution in [0.5, 0.6) is 0 Å². The van der Waals surface area contributed by atoms with E-state index in [1.54, 1.807) is 18.5 Å². The van der Waals surface area contributed by atoms with Crippen LogP contribution in [0.25, 0.3) is 0 Å². The van der Waals surface area contributed by atoms with Gasteiger partial charge in [0.25, 0.3) is 0 Å². The third-order valence-electron chi connectivity index (χ3n) is 1.80. The number of carbonyl (C=O) groups is 1. The Morgan fingerprint density at radius 2 is 2.07 bits per heavy atom. The smallest absolute Gasteiger partial charge is 0.356 e. The summed E-state index contributed by atoms with van der Waals surface area (Å²) >= 11 is 0. The highest BCUT2D eigenvalue weighted by molar-refractivity contribution is 5.88. The van der Waals surface area contributed by atoms with Crippen molar-refractivity contribution in [3.05, 3.63) is 11.8 Å². The Bertz CT molecular complexity index is 356. The predicted octanol–water partition coefficient (Wildman–Crippen LogP) is 1.61. The Hall–Kier alpha value is -1.52. The SMILES string of the molecule is CC(C)OC(=O)c1cc(N)nn1C(C)C. The van der Waals surface area contributed by atoms with Crippen LogP contribution in [0, 0.1) is 0 Å². The Morgan fingerprint density at radius 3 is 2.53 bits per heavy atom. The van der Waals surface area contributed by atoms with Crippen molar-refractivity contribution in [1.29, 1.82) is 0 Å². The van der Waals surface area contributed by atoms with E-state index in [-0.39, 0.29) is 18.1 Å². The van der Waals surface area contributed by atoms with E-state index in [9.17, 15) is 4.79 Å². The van der Waals surface area contributed by atoms with E-state index < -0.39 is 0 Å². The van der Waals surface area contributed by atoms with Crippen molar-refractivity contribution in [2.24, 2.45) is 0 Å². The largest absolute Gasteiger partial charge is 0.458 e. The van der Waals surface area contributed by atoms with Gasteiger partial charge in [-0.2, -0.15) is 5.10 Å². The van der Waals surface area contributed by atoms with Gasteiger partial charge in [0.05, 0.1) is 6.10 Å². The van der Waals surface area contributed by atoms with Crippen LogP contribution in [0.2, 0.25) is 0 Å². The van der Waals surface area contributed by atoms with Crippen molar-refractivity contribution in [2.45, 2.75) is 39.8 Å². The lowest BCUT2D eigenvalue weighted by molar-refractivity contribution is 0.0361. The van der Waals surface area contributed by atoms with E-state index in [4.69, 9.17) is 10.5 Å². The minimum absolute atomic E-state index is 0.0806. The molecule has 0 aliphatic heterocycles. The maximum Gasteiger partial charge on any atom is 0.356 e. The van der Waals surface area contributed by atoms with Gasteiger partial charge in [-0.05, 0) is 27.7 Å². The highest BCUT2D eigenvalue weighted by Gasteiger charge is 2.18. The van der Waals surface area contributed by atoms with Crippen LogP contribution >= 0.6 is 0 Å². The van der Waals surface area contributed by atoms with Gasteiger partial charge in [0.2, 0.25) is 0 Å². The van der Waals surface area contributed by atoms with Crippen LogP contribution in [0.4, 0.5) is 5.82 Å². The number of nitrogens with two attached hydrogens (primary N) is 1. The molecular formula is C10H17N3O2. The van der Waals surface area contributed by atoms with E-state index in [0.717, 1.165) is 0 Å². The Balaban J connectivity index is 2.97. The summed E-state index contributed by atoms with van der Waals surface area (Å²) in [7, 11) is 0. The molecule has 0 aliphatic carbocycles. The number of hydrogen-bond acceptors (Lipinski definition) is 4. The van der Waals surface area contributed by atoms with Crippen LogP contribution in [0.15, 0.2) is 6.07 Å². The molecule has 0 aliphatic rings. The number of ether oxygens (including phenoxy) is 1. The van der Waals surface area contributed by atoms with Gasteiger partial charge >= 0.3 is 5.97 Å². The number of nitrogens with zero attached hydrogens (tertiary/aromatic N) is 2. The average molecular weight is 211 g/mol. The van der Waals surface area contributed by atoms with Crippen LogP contribution in [0.3, 0.4) is 0 Å². The molecule has 15 heavy (non-hydrogen) atoms. The Labute approximate surface area is 89.2 Å². The second-order valence-electron chi connectivity index (χ2n) is 3.95. The molecule has 0 fully saturated rings. The van der Waals surface area contributed by atoms with Gasteiger partial charge in [-0.1, -0.05) is 0 Å². The summed E-state index contributed by atoms with van der Waals surface area (Å²) in [4.78, 5) is 11.7. The first-order valence-corrected chi connectivity index (χ1v) is 4.97. The summed E-state index contributed by atoms with van der Waals surface area (Å²) in [6, 6.07) is 1.61. The Kier molecular flexibility index (Phi) is 3.34. The fourth-order valence-electron chi connectivity index (χ4n) is 1.23. The minimum Gasteiger partial charge on any atom is -0.458 e. The lowest BCUT2D eigenvalue weighted by atomic mass is 10.3. The highest BCUT2D eigenvalue weighted by Crippen LogP contribution is 2.14. The van der Waals surface area contributed by atoms with Gasteiger partial charge in [0, 0.05) is 12.1 Å². The number of esters is 1. The second kappa shape index (κ2) is 4.33. The van der Waals surface area contributed by atoms with E-state index in [1.165, 1.54) is 6.07 Å². The van der Waals surface area contributed by atoms with E-state index in [1.807, 2.05) is 13.8 Å². The topological polar surface area (TPSA) is 70.1 Å². The molecule has 0 aromatic carbocycles. The average Bonchev–Trinajstić information content (AvgIpc) is 2.46. The number of aromatic nitrogens is 2. The zero-order chi connectivity index (χ0) is 11.6. The lowest BCUT2D eigenvalue weighted by Gasteiger charge is -2.11. The fourth-order valence-corrected chi connectivity index (χ4v) is 1.23. The first-order chi connectivity index (χ1) is 6.91. The summed E-state index contributed by atoms with van der Waals surface area (Å²) in [5, 5.41) is 4.03. The van der Waals surface area contributed by atoms with Gasteiger partial charge < -0.3 is 10.5 Å². The third kappa shape index (κ3) is 2.71. The number of nitrogen functional groups attached to an aromatic ring is 1. The van der Waals surface area contributed by atoms with Crippen LogP contribution < -0.4 is 5.73 Å². The molecule has 0 saturated heterocycles. The molecular weight excluding hydrogens is 194 g/mol. The summed E-state index contributed by atoms with van der Waals surface area (Å²) in [5.41, 5.74) is 5.95. The van der Waals surface area contributed by atoms with Crippen LogP contribution in [-0.2, 0) is 4.74 Å². The summed E-state index contributed by atoms with van der Waals surface area (Å²) < 4.78 is 6.65. The van der Waals surface area contributed by atoms with Crippen LogP contribution in [0.1, 0.15) is 44.2 Å². The number of anilines is 1. The monoisotopic (exact) mass is 211 g/mol. The van der Waals surface area contributed by atoms with E-state index in [0.29, 0.717) is 11.5 Å². The van der Waals surface area contributed by atoms with Gasteiger partial charge in [0.1, 0.15) is 11.5 Å². The molecule has 1 heterocycles. The zero-order valence-corrected chi connectivity index (χ0v) is 9.52. The molecule has 0 unspecified atom stereocenters. The standard InChI is InChI=1S/C10H17N3O2/c1-6(2)13-8(5-9(11)12-13)10(14)15-7(3)4/h5-7H,1-4H3,(H2,11,12). The number of carbonyl (C=O) groups excluding carboxylic acids is 1. The first-order valence-electron chi connectivity index (χ1n) is 4.97. The van der Waals surface area contributed by atoms with Crippen LogP contribution in [-0.4, -0.2) is 21.9 Å². The van der Waals surface area contributed by atoms with Crippen molar-refractivity contribution in [2.75, 3.05) is 5.73 Å². The maximum absolute atomic E-state index is 11.7. The normalized spacial score (nSPS) is 11.1. The van der Waals surface area contributed by atoms with Crippen molar-refractivity contribution in [3.63, 3.8) is 0 Å². The predicted molar refractivity (Wildman–Crippen MR) is 57.6 cm³/mol. The molecule has 0 amide bonds. The third-order valence-corrected chi connectivity index (χ3v) is 1.80. The number of rotatable bonds is 3. The fraction of sp³-hybridized carbons (Fsp3) is 0.600. The molecule has 0 spiro atoms. The van der Waals surface area contributed by atoms with E-state index >= 15 is 0 Å². The maximum atomic E-state index is 11.7. The van der Waals surface area contributed by atoms with Crippen molar-refractivity contribution in [3.8, 4) is 0 Å². The van der Waals surface area contributed by atoms with Crippen molar-refractivity contribution >= 4 is 11.8 Å². The number of hydrogen-bond donors (Lipinski definition) is 1. The molecule has 0 radical (unpaired) electrons. The van der Waals surface area contributed by atoms with Crippen molar-refractivity contribution < 1.29 is 9.53 Å². The van der Waals surface area contributed by atoms with Gasteiger partial charge in [0.15, 0.2) is 0 Å². The summed E-state index contributed by atoms with van der Waals surface area (Å²) in [5.74, 6) is -0.0534. The minimum atomic E-state index is -0.386. The lowest BCUT2D eigenvalue weighted by Crippen LogP contribution is -2.17. The molecule has 84 valence electrons. The zero-order valence-electron chi connectivity index (χ0n) is 9.52. The Morgan fingerprint density at radius 1 is 1.47 bits per heavy atom. The molecule has 1 aromatic heterocycles. The molecule has 5 nitrogen and oxygen atoms in total. The molecule has 2 N–H and O–H groups in total. The quantitative estimate of drug-likeness (QED) is 0.771. The summed E-state index contributed by atoms with van der Waals surface area (Å²) in [6.07, 6.45) is -0.144. The molecule has 0 bridgehead atoms. The van der Waals surface area contributed by atoms with Gasteiger partial charge in [-0.3, -0.25) is 4.68 Å².